The van der Waals surface area contributed by atoms with Crippen LogP contribution in [-0.4, -0.2) is 24.5 Å². The van der Waals surface area contributed by atoms with Crippen LogP contribution in [0.25, 0.3) is 0 Å². The molecule has 0 saturated carbocycles. The van der Waals surface area contributed by atoms with Gasteiger partial charge in [-0.3, -0.25) is 4.79 Å². The predicted octanol–water partition coefficient (Wildman–Crippen LogP) is 4.69. The Balaban J connectivity index is 1.43. The van der Waals surface area contributed by atoms with Crippen molar-refractivity contribution < 1.29 is 14.3 Å². The standard InChI is InChI=1S/C23H21NO3/c1-26-20-10-12-22(13-11-20)27-21-8-6-18(7-9-21)23(25)24-15-14-17-4-2-3-5-19(17)16-24/h2-13H,14-16H2,1H3. The van der Waals surface area contributed by atoms with E-state index in [0.29, 0.717) is 17.9 Å². The first-order valence-electron chi connectivity index (χ1n) is 9.01. The van der Waals surface area contributed by atoms with Crippen molar-refractivity contribution in [3.05, 3.63) is 89.5 Å². The van der Waals surface area contributed by atoms with Gasteiger partial charge in [0.15, 0.2) is 0 Å². The largest absolute Gasteiger partial charge is 0.497 e. The number of amides is 1. The minimum Gasteiger partial charge on any atom is -0.497 e. The van der Waals surface area contributed by atoms with Gasteiger partial charge in [0.25, 0.3) is 5.91 Å². The topological polar surface area (TPSA) is 38.8 Å². The SMILES string of the molecule is COc1ccc(Oc2ccc(C(=O)N3CCc4ccccc4C3)cc2)cc1. The van der Waals surface area contributed by atoms with E-state index in [1.807, 2.05) is 59.5 Å². The zero-order chi connectivity index (χ0) is 18.6. The Morgan fingerprint density at radius 1 is 0.815 bits per heavy atom. The molecule has 0 N–H and O–H groups in total. The predicted molar refractivity (Wildman–Crippen MR) is 104 cm³/mol. The second-order valence-corrected chi connectivity index (χ2v) is 6.55. The number of hydrogen-bond acceptors (Lipinski definition) is 3. The molecule has 1 amide bonds. The summed E-state index contributed by atoms with van der Waals surface area (Å²) < 4.78 is 11.0. The van der Waals surface area contributed by atoms with Crippen LogP contribution in [0.15, 0.2) is 72.8 Å². The van der Waals surface area contributed by atoms with E-state index in [4.69, 9.17) is 9.47 Å². The van der Waals surface area contributed by atoms with Crippen LogP contribution in [0.4, 0.5) is 0 Å². The zero-order valence-corrected chi connectivity index (χ0v) is 15.2. The molecular formula is C23H21NO3. The normalized spacial score (nSPS) is 13.0. The molecular weight excluding hydrogens is 338 g/mol. The molecule has 1 aliphatic heterocycles. The molecule has 0 bridgehead atoms. The summed E-state index contributed by atoms with van der Waals surface area (Å²) in [6, 6.07) is 23.0. The molecule has 136 valence electrons. The number of carbonyl (C=O) groups excluding carboxylic acids is 1. The van der Waals surface area contributed by atoms with E-state index in [1.165, 1.54) is 11.1 Å². The van der Waals surface area contributed by atoms with Gasteiger partial charge in [0.2, 0.25) is 0 Å². The van der Waals surface area contributed by atoms with Crippen molar-refractivity contribution in [2.75, 3.05) is 13.7 Å². The number of benzene rings is 3. The van der Waals surface area contributed by atoms with Crippen LogP contribution in [0.5, 0.6) is 17.2 Å². The molecule has 3 aromatic rings. The fourth-order valence-corrected chi connectivity index (χ4v) is 3.30. The van der Waals surface area contributed by atoms with Crippen LogP contribution in [0.1, 0.15) is 21.5 Å². The van der Waals surface area contributed by atoms with Gasteiger partial charge in [0, 0.05) is 18.7 Å². The minimum absolute atomic E-state index is 0.0560. The maximum atomic E-state index is 12.8. The highest BCUT2D eigenvalue weighted by atomic mass is 16.5. The van der Waals surface area contributed by atoms with Crippen molar-refractivity contribution in [1.29, 1.82) is 0 Å². The summed E-state index contributed by atoms with van der Waals surface area (Å²) in [5, 5.41) is 0. The Labute approximate surface area is 159 Å². The van der Waals surface area contributed by atoms with Gasteiger partial charge in [0.1, 0.15) is 17.2 Å². The van der Waals surface area contributed by atoms with Gasteiger partial charge in [-0.05, 0) is 66.1 Å². The summed E-state index contributed by atoms with van der Waals surface area (Å²) >= 11 is 0. The van der Waals surface area contributed by atoms with Gasteiger partial charge in [-0.15, -0.1) is 0 Å². The summed E-state index contributed by atoms with van der Waals surface area (Å²) in [6.45, 7) is 1.42. The van der Waals surface area contributed by atoms with E-state index < -0.39 is 0 Å². The second-order valence-electron chi connectivity index (χ2n) is 6.55. The number of fused-ring (bicyclic) bond motifs is 1. The van der Waals surface area contributed by atoms with Crippen molar-refractivity contribution in [2.45, 2.75) is 13.0 Å². The molecule has 0 saturated heterocycles. The third-order valence-electron chi connectivity index (χ3n) is 4.81. The van der Waals surface area contributed by atoms with Crippen molar-refractivity contribution in [3.8, 4) is 17.2 Å². The molecule has 1 heterocycles. The van der Waals surface area contributed by atoms with E-state index in [-0.39, 0.29) is 5.91 Å². The summed E-state index contributed by atoms with van der Waals surface area (Å²) in [7, 11) is 1.63. The molecule has 4 nitrogen and oxygen atoms in total. The third-order valence-corrected chi connectivity index (χ3v) is 4.81. The van der Waals surface area contributed by atoms with E-state index in [9.17, 15) is 4.79 Å². The van der Waals surface area contributed by atoms with Crippen LogP contribution < -0.4 is 9.47 Å². The van der Waals surface area contributed by atoms with E-state index >= 15 is 0 Å². The van der Waals surface area contributed by atoms with Crippen LogP contribution in [0.3, 0.4) is 0 Å². The quantitative estimate of drug-likeness (QED) is 0.679. The van der Waals surface area contributed by atoms with Crippen LogP contribution in [-0.2, 0) is 13.0 Å². The average Bonchev–Trinajstić information content (AvgIpc) is 2.74. The monoisotopic (exact) mass is 359 g/mol. The summed E-state index contributed by atoms with van der Waals surface area (Å²) in [5.74, 6) is 2.26. The number of ether oxygens (including phenoxy) is 2. The zero-order valence-electron chi connectivity index (χ0n) is 15.2. The molecule has 0 atom stereocenters. The Hall–Kier alpha value is -3.27. The molecule has 0 unspecified atom stereocenters. The van der Waals surface area contributed by atoms with Crippen molar-refractivity contribution in [3.63, 3.8) is 0 Å². The Kier molecular flexibility index (Phi) is 4.79. The van der Waals surface area contributed by atoms with Crippen molar-refractivity contribution in [1.82, 2.24) is 4.90 Å². The molecule has 3 aromatic carbocycles. The maximum Gasteiger partial charge on any atom is 0.254 e. The average molecular weight is 359 g/mol. The van der Waals surface area contributed by atoms with Gasteiger partial charge < -0.3 is 14.4 Å². The van der Waals surface area contributed by atoms with Gasteiger partial charge in [-0.25, -0.2) is 0 Å². The van der Waals surface area contributed by atoms with Crippen LogP contribution >= 0.6 is 0 Å². The van der Waals surface area contributed by atoms with Crippen LogP contribution in [0.2, 0.25) is 0 Å². The Morgan fingerprint density at radius 3 is 2.07 bits per heavy atom. The van der Waals surface area contributed by atoms with E-state index in [1.54, 1.807) is 7.11 Å². The molecule has 0 aromatic heterocycles. The number of rotatable bonds is 4. The Morgan fingerprint density at radius 2 is 1.41 bits per heavy atom. The molecule has 27 heavy (non-hydrogen) atoms. The fraction of sp³-hybridized carbons (Fsp3) is 0.174. The minimum atomic E-state index is 0.0560. The highest BCUT2D eigenvalue weighted by Gasteiger charge is 2.21. The van der Waals surface area contributed by atoms with Gasteiger partial charge in [0.05, 0.1) is 7.11 Å². The highest BCUT2D eigenvalue weighted by Crippen LogP contribution is 2.25. The number of methoxy groups -OCH3 is 1. The van der Waals surface area contributed by atoms with Gasteiger partial charge in [-0.1, -0.05) is 24.3 Å². The number of carbonyl (C=O) groups is 1. The maximum absolute atomic E-state index is 12.8. The van der Waals surface area contributed by atoms with E-state index in [0.717, 1.165) is 24.5 Å². The highest BCUT2D eigenvalue weighted by molar-refractivity contribution is 5.94. The lowest BCUT2D eigenvalue weighted by Gasteiger charge is -2.29. The summed E-state index contributed by atoms with van der Waals surface area (Å²) in [6.07, 6.45) is 0.903. The first-order valence-corrected chi connectivity index (χ1v) is 9.01. The first-order chi connectivity index (χ1) is 13.2. The number of hydrogen-bond donors (Lipinski definition) is 0. The Bertz CT molecular complexity index is 933. The number of nitrogens with zero attached hydrogens (tertiary/aromatic N) is 1. The lowest BCUT2D eigenvalue weighted by Crippen LogP contribution is -2.35. The van der Waals surface area contributed by atoms with Crippen molar-refractivity contribution in [2.24, 2.45) is 0 Å². The lowest BCUT2D eigenvalue weighted by molar-refractivity contribution is 0.0734. The first kappa shape index (κ1) is 17.2. The molecule has 0 spiro atoms. The molecule has 0 radical (unpaired) electrons. The van der Waals surface area contributed by atoms with Crippen molar-refractivity contribution >= 4 is 5.91 Å². The second kappa shape index (κ2) is 7.54. The fourth-order valence-electron chi connectivity index (χ4n) is 3.30. The molecule has 0 fully saturated rings. The molecule has 0 aliphatic carbocycles. The lowest BCUT2D eigenvalue weighted by atomic mass is 9.99. The van der Waals surface area contributed by atoms with Crippen LogP contribution in [0, 0.1) is 0 Å². The summed E-state index contributed by atoms with van der Waals surface area (Å²) in [5.41, 5.74) is 3.25. The molecule has 4 rings (SSSR count). The third kappa shape index (κ3) is 3.80. The molecule has 1 aliphatic rings. The van der Waals surface area contributed by atoms with Gasteiger partial charge >= 0.3 is 0 Å². The smallest absolute Gasteiger partial charge is 0.254 e. The molecule has 4 heteroatoms. The van der Waals surface area contributed by atoms with Gasteiger partial charge in [-0.2, -0.15) is 0 Å². The summed E-state index contributed by atoms with van der Waals surface area (Å²) in [4.78, 5) is 14.7. The van der Waals surface area contributed by atoms with E-state index in [2.05, 4.69) is 18.2 Å².